The maximum atomic E-state index is 12.8. The van der Waals surface area contributed by atoms with Crippen LogP contribution in [0.15, 0.2) is 30.3 Å². The van der Waals surface area contributed by atoms with Gasteiger partial charge in [-0.3, -0.25) is 4.79 Å². The van der Waals surface area contributed by atoms with Gasteiger partial charge < -0.3 is 20.1 Å². The first-order valence-corrected chi connectivity index (χ1v) is 9.63. The molecule has 0 aliphatic rings. The van der Waals surface area contributed by atoms with E-state index in [0.717, 1.165) is 5.56 Å². The van der Waals surface area contributed by atoms with Gasteiger partial charge in [-0.05, 0) is 23.8 Å². The van der Waals surface area contributed by atoms with Gasteiger partial charge in [-0.1, -0.05) is 64.4 Å². The van der Waals surface area contributed by atoms with E-state index in [1.807, 2.05) is 58.0 Å². The smallest absolute Gasteiger partial charge is 0.408 e. The molecule has 0 aromatic heterocycles. The number of benzene rings is 1. The SMILES string of the molecule is CCC(C)C(NC(=O)C(CC(C)C)NC(=O)OCc1ccccc1)C(=O)OC. The van der Waals surface area contributed by atoms with Gasteiger partial charge in [-0.2, -0.15) is 0 Å². The number of carbonyl (C=O) groups is 3. The molecule has 0 saturated carbocycles. The Bertz CT molecular complexity index is 633. The summed E-state index contributed by atoms with van der Waals surface area (Å²) in [6.07, 6.45) is 0.435. The zero-order chi connectivity index (χ0) is 21.1. The summed E-state index contributed by atoms with van der Waals surface area (Å²) in [4.78, 5) is 36.9. The van der Waals surface area contributed by atoms with E-state index in [9.17, 15) is 14.4 Å². The van der Waals surface area contributed by atoms with Crippen LogP contribution in [0.1, 0.15) is 46.1 Å². The second kappa shape index (κ2) is 12.0. The zero-order valence-corrected chi connectivity index (χ0v) is 17.4. The van der Waals surface area contributed by atoms with Crippen molar-refractivity contribution < 1.29 is 23.9 Å². The summed E-state index contributed by atoms with van der Waals surface area (Å²) in [6.45, 7) is 7.80. The van der Waals surface area contributed by atoms with Gasteiger partial charge in [0, 0.05) is 0 Å². The monoisotopic (exact) mass is 392 g/mol. The third kappa shape index (κ3) is 7.98. The standard InChI is InChI=1S/C21H32N2O5/c1-6-15(4)18(20(25)27-5)23-19(24)17(12-14(2)3)22-21(26)28-13-16-10-8-7-9-11-16/h7-11,14-15,17-18H,6,12-13H2,1-5H3,(H,22,26)(H,23,24). The third-order valence-corrected chi connectivity index (χ3v) is 4.49. The lowest BCUT2D eigenvalue weighted by molar-refractivity contribution is -0.146. The van der Waals surface area contributed by atoms with Crippen molar-refractivity contribution in [3.05, 3.63) is 35.9 Å². The highest BCUT2D eigenvalue weighted by Gasteiger charge is 2.31. The van der Waals surface area contributed by atoms with Gasteiger partial charge in [0.2, 0.25) is 5.91 Å². The van der Waals surface area contributed by atoms with Gasteiger partial charge in [0.25, 0.3) is 0 Å². The molecule has 1 aromatic carbocycles. The van der Waals surface area contributed by atoms with Gasteiger partial charge in [0.05, 0.1) is 7.11 Å². The van der Waals surface area contributed by atoms with E-state index >= 15 is 0 Å². The van der Waals surface area contributed by atoms with Gasteiger partial charge >= 0.3 is 12.1 Å². The first kappa shape index (κ1) is 23.5. The normalized spacial score (nSPS) is 13.9. The second-order valence-electron chi connectivity index (χ2n) is 7.28. The molecular formula is C21H32N2O5. The molecule has 156 valence electrons. The number of esters is 1. The van der Waals surface area contributed by atoms with Crippen LogP contribution in [0.5, 0.6) is 0 Å². The summed E-state index contributed by atoms with van der Waals surface area (Å²) in [6, 6.07) is 7.71. The zero-order valence-electron chi connectivity index (χ0n) is 17.4. The fraction of sp³-hybridized carbons (Fsp3) is 0.571. The molecule has 3 atom stereocenters. The Morgan fingerprint density at radius 1 is 1.04 bits per heavy atom. The van der Waals surface area contributed by atoms with Crippen molar-refractivity contribution in [3.63, 3.8) is 0 Å². The summed E-state index contributed by atoms with van der Waals surface area (Å²) in [5.41, 5.74) is 0.852. The molecule has 1 aromatic rings. The van der Waals surface area contributed by atoms with Crippen molar-refractivity contribution >= 4 is 18.0 Å². The molecule has 0 heterocycles. The number of alkyl carbamates (subject to hydrolysis) is 1. The van der Waals surface area contributed by atoms with E-state index in [1.165, 1.54) is 7.11 Å². The predicted octanol–water partition coefficient (Wildman–Crippen LogP) is 3.03. The Labute approximate surface area is 167 Å². The highest BCUT2D eigenvalue weighted by atomic mass is 16.5. The van der Waals surface area contributed by atoms with Crippen LogP contribution < -0.4 is 10.6 Å². The van der Waals surface area contributed by atoms with Crippen LogP contribution in [0, 0.1) is 11.8 Å². The lowest BCUT2D eigenvalue weighted by Crippen LogP contribution is -2.54. The number of rotatable bonds is 10. The van der Waals surface area contributed by atoms with Crippen LogP contribution in [-0.2, 0) is 25.7 Å². The van der Waals surface area contributed by atoms with Crippen molar-refractivity contribution in [2.24, 2.45) is 11.8 Å². The molecule has 1 rings (SSSR count). The summed E-state index contributed by atoms with van der Waals surface area (Å²) in [7, 11) is 1.29. The molecule has 7 nitrogen and oxygen atoms in total. The van der Waals surface area contributed by atoms with Crippen molar-refractivity contribution in [1.29, 1.82) is 0 Å². The van der Waals surface area contributed by atoms with Crippen LogP contribution in [-0.4, -0.2) is 37.2 Å². The summed E-state index contributed by atoms with van der Waals surface area (Å²) in [5, 5.41) is 5.33. The van der Waals surface area contributed by atoms with Gasteiger partial charge in [0.15, 0.2) is 0 Å². The average molecular weight is 392 g/mol. The molecule has 0 aliphatic carbocycles. The highest BCUT2D eigenvalue weighted by molar-refractivity contribution is 5.89. The van der Waals surface area contributed by atoms with Crippen LogP contribution in [0.2, 0.25) is 0 Å². The molecule has 0 bridgehead atoms. The van der Waals surface area contributed by atoms with Crippen molar-refractivity contribution in [1.82, 2.24) is 10.6 Å². The first-order chi connectivity index (χ1) is 13.3. The molecular weight excluding hydrogens is 360 g/mol. The molecule has 2 N–H and O–H groups in total. The minimum Gasteiger partial charge on any atom is -0.467 e. The number of ether oxygens (including phenoxy) is 2. The Morgan fingerprint density at radius 2 is 1.68 bits per heavy atom. The lowest BCUT2D eigenvalue weighted by Gasteiger charge is -2.26. The van der Waals surface area contributed by atoms with Crippen LogP contribution in [0.25, 0.3) is 0 Å². The fourth-order valence-electron chi connectivity index (χ4n) is 2.66. The minimum atomic E-state index is -0.806. The highest BCUT2D eigenvalue weighted by Crippen LogP contribution is 2.12. The predicted molar refractivity (Wildman–Crippen MR) is 106 cm³/mol. The maximum Gasteiger partial charge on any atom is 0.408 e. The number of hydrogen-bond acceptors (Lipinski definition) is 5. The van der Waals surface area contributed by atoms with E-state index in [-0.39, 0.29) is 18.4 Å². The summed E-state index contributed by atoms with van der Waals surface area (Å²) >= 11 is 0. The first-order valence-electron chi connectivity index (χ1n) is 9.63. The number of hydrogen-bond donors (Lipinski definition) is 2. The molecule has 0 spiro atoms. The Balaban J connectivity index is 2.75. The molecule has 7 heteroatoms. The Hall–Kier alpha value is -2.57. The van der Waals surface area contributed by atoms with E-state index in [4.69, 9.17) is 9.47 Å². The summed E-state index contributed by atoms with van der Waals surface area (Å²) < 4.78 is 10.0. The quantitative estimate of drug-likeness (QED) is 0.597. The minimum absolute atomic E-state index is 0.0962. The van der Waals surface area contributed by atoms with Crippen LogP contribution >= 0.6 is 0 Å². The van der Waals surface area contributed by atoms with Gasteiger partial charge in [0.1, 0.15) is 18.7 Å². The third-order valence-electron chi connectivity index (χ3n) is 4.49. The molecule has 28 heavy (non-hydrogen) atoms. The van der Waals surface area contributed by atoms with E-state index < -0.39 is 30.1 Å². The van der Waals surface area contributed by atoms with Crippen molar-refractivity contribution in [3.8, 4) is 0 Å². The van der Waals surface area contributed by atoms with Crippen molar-refractivity contribution in [2.45, 2.75) is 59.2 Å². The fourth-order valence-corrected chi connectivity index (χ4v) is 2.66. The molecule has 3 unspecified atom stereocenters. The van der Waals surface area contributed by atoms with Gasteiger partial charge in [-0.25, -0.2) is 9.59 Å². The number of carbonyl (C=O) groups excluding carboxylic acids is 3. The van der Waals surface area contributed by atoms with Gasteiger partial charge in [-0.15, -0.1) is 0 Å². The largest absolute Gasteiger partial charge is 0.467 e. The molecule has 0 fully saturated rings. The van der Waals surface area contributed by atoms with Crippen LogP contribution in [0.4, 0.5) is 4.79 Å². The second-order valence-corrected chi connectivity index (χ2v) is 7.28. The van der Waals surface area contributed by atoms with E-state index in [0.29, 0.717) is 12.8 Å². The average Bonchev–Trinajstić information content (AvgIpc) is 2.69. The molecule has 0 aliphatic heterocycles. The lowest BCUT2D eigenvalue weighted by atomic mass is 9.97. The summed E-state index contributed by atoms with van der Waals surface area (Å²) in [5.74, 6) is -0.870. The number of nitrogens with one attached hydrogen (secondary N) is 2. The van der Waals surface area contributed by atoms with E-state index in [1.54, 1.807) is 0 Å². The molecule has 0 radical (unpaired) electrons. The Kier molecular flexibility index (Phi) is 10.1. The van der Waals surface area contributed by atoms with Crippen LogP contribution in [0.3, 0.4) is 0 Å². The number of methoxy groups -OCH3 is 1. The molecule has 2 amide bonds. The topological polar surface area (TPSA) is 93.7 Å². The number of amides is 2. The van der Waals surface area contributed by atoms with E-state index in [2.05, 4.69) is 10.6 Å². The molecule has 0 saturated heterocycles. The maximum absolute atomic E-state index is 12.8. The van der Waals surface area contributed by atoms with Crippen molar-refractivity contribution in [2.75, 3.05) is 7.11 Å². The Morgan fingerprint density at radius 3 is 2.21 bits per heavy atom.